The summed E-state index contributed by atoms with van der Waals surface area (Å²) in [6.07, 6.45) is 4.76. The highest BCUT2D eigenvalue weighted by molar-refractivity contribution is 6.32. The summed E-state index contributed by atoms with van der Waals surface area (Å²) in [6, 6.07) is 5.63. The van der Waals surface area contributed by atoms with Crippen molar-refractivity contribution in [3.05, 3.63) is 35.6 Å². The van der Waals surface area contributed by atoms with Gasteiger partial charge in [-0.1, -0.05) is 17.7 Å². The number of halogens is 1. The van der Waals surface area contributed by atoms with Gasteiger partial charge in [-0.05, 0) is 24.6 Å². The van der Waals surface area contributed by atoms with E-state index in [1.807, 2.05) is 38.4 Å². The van der Waals surface area contributed by atoms with Gasteiger partial charge in [-0.15, -0.1) is 0 Å². The summed E-state index contributed by atoms with van der Waals surface area (Å²) in [5.41, 5.74) is 1.97. The van der Waals surface area contributed by atoms with Crippen molar-refractivity contribution in [2.45, 2.75) is 13.0 Å². The summed E-state index contributed by atoms with van der Waals surface area (Å²) in [5, 5.41) is 14.4. The molecule has 1 atom stereocenters. The number of nitrogens with one attached hydrogen (secondary N) is 2. The zero-order valence-electron chi connectivity index (χ0n) is 11.4. The standard InChI is InChI=1S/C14H17ClN4O/c1-10(8-19(2)9-16)20-14-5-11(3-4-13(14)15)12-6-17-18-7-12/h3-7,9-10,16H,8H2,1-2H3,(H,17,18)/t10-/m0/s1. The van der Waals surface area contributed by atoms with Crippen LogP contribution in [0, 0.1) is 5.41 Å². The van der Waals surface area contributed by atoms with Crippen molar-refractivity contribution in [1.29, 1.82) is 5.41 Å². The molecule has 5 nitrogen and oxygen atoms in total. The van der Waals surface area contributed by atoms with E-state index in [2.05, 4.69) is 10.2 Å². The van der Waals surface area contributed by atoms with Crippen LogP contribution in [-0.4, -0.2) is 41.1 Å². The first kappa shape index (κ1) is 14.4. The molecule has 0 fully saturated rings. The zero-order valence-corrected chi connectivity index (χ0v) is 12.2. The lowest BCUT2D eigenvalue weighted by atomic mass is 10.1. The lowest BCUT2D eigenvalue weighted by Gasteiger charge is -2.20. The molecule has 1 aromatic heterocycles. The van der Waals surface area contributed by atoms with Gasteiger partial charge >= 0.3 is 0 Å². The minimum atomic E-state index is -0.0706. The molecule has 6 heteroatoms. The van der Waals surface area contributed by atoms with Gasteiger partial charge in [0, 0.05) is 18.8 Å². The Morgan fingerprint density at radius 3 is 2.95 bits per heavy atom. The van der Waals surface area contributed by atoms with E-state index in [9.17, 15) is 0 Å². The first-order valence-electron chi connectivity index (χ1n) is 6.26. The molecule has 1 aromatic carbocycles. The number of rotatable bonds is 6. The quantitative estimate of drug-likeness (QED) is 0.635. The molecule has 1 heterocycles. The van der Waals surface area contributed by atoms with Gasteiger partial charge in [-0.25, -0.2) is 0 Å². The van der Waals surface area contributed by atoms with Gasteiger partial charge in [0.15, 0.2) is 0 Å². The predicted octanol–water partition coefficient (Wildman–Crippen LogP) is 3.04. The van der Waals surface area contributed by atoms with Crippen molar-refractivity contribution in [2.75, 3.05) is 13.6 Å². The number of nitrogens with zero attached hydrogens (tertiary/aromatic N) is 2. The van der Waals surface area contributed by atoms with E-state index in [4.69, 9.17) is 21.7 Å². The maximum atomic E-state index is 7.16. The number of aromatic nitrogens is 2. The number of hydrogen-bond acceptors (Lipinski definition) is 3. The molecular formula is C14H17ClN4O. The molecule has 20 heavy (non-hydrogen) atoms. The Bertz CT molecular complexity index is 571. The molecule has 0 bridgehead atoms. The summed E-state index contributed by atoms with van der Waals surface area (Å²) >= 11 is 6.17. The highest BCUT2D eigenvalue weighted by Gasteiger charge is 2.11. The highest BCUT2D eigenvalue weighted by Crippen LogP contribution is 2.30. The Kier molecular flexibility index (Phi) is 4.63. The van der Waals surface area contributed by atoms with Crippen LogP contribution in [0.3, 0.4) is 0 Å². The summed E-state index contributed by atoms with van der Waals surface area (Å²) < 4.78 is 5.85. The summed E-state index contributed by atoms with van der Waals surface area (Å²) in [5.74, 6) is 0.635. The van der Waals surface area contributed by atoms with Crippen molar-refractivity contribution in [2.24, 2.45) is 0 Å². The third-order valence-corrected chi connectivity index (χ3v) is 3.17. The molecule has 0 saturated heterocycles. The van der Waals surface area contributed by atoms with E-state index in [1.165, 1.54) is 6.34 Å². The molecule has 0 radical (unpaired) electrons. The summed E-state index contributed by atoms with van der Waals surface area (Å²) in [4.78, 5) is 1.75. The molecule has 106 valence electrons. The third kappa shape index (κ3) is 3.51. The van der Waals surface area contributed by atoms with Gasteiger partial charge in [-0.3, -0.25) is 10.5 Å². The molecule has 0 amide bonds. The molecule has 0 aliphatic carbocycles. The van der Waals surface area contributed by atoms with E-state index in [0.29, 0.717) is 17.3 Å². The zero-order chi connectivity index (χ0) is 14.5. The van der Waals surface area contributed by atoms with Crippen LogP contribution >= 0.6 is 11.6 Å². The molecular weight excluding hydrogens is 276 g/mol. The molecule has 2 N–H and O–H groups in total. The number of ether oxygens (including phenoxy) is 1. The van der Waals surface area contributed by atoms with Crippen LogP contribution in [0.1, 0.15) is 6.92 Å². The first-order valence-corrected chi connectivity index (χ1v) is 6.64. The van der Waals surface area contributed by atoms with Gasteiger partial charge in [0.25, 0.3) is 0 Å². The Morgan fingerprint density at radius 1 is 1.50 bits per heavy atom. The van der Waals surface area contributed by atoms with Gasteiger partial charge in [0.2, 0.25) is 0 Å². The molecule has 2 rings (SSSR count). The molecule has 0 spiro atoms. The fourth-order valence-corrected chi connectivity index (χ4v) is 2.06. The van der Waals surface area contributed by atoms with E-state index in [-0.39, 0.29) is 6.10 Å². The second kappa shape index (κ2) is 6.43. The van der Waals surface area contributed by atoms with Gasteiger partial charge in [-0.2, -0.15) is 5.10 Å². The lowest BCUT2D eigenvalue weighted by molar-refractivity contribution is 0.194. The van der Waals surface area contributed by atoms with Gasteiger partial charge in [0.1, 0.15) is 11.9 Å². The average molecular weight is 293 g/mol. The Labute approximate surface area is 123 Å². The van der Waals surface area contributed by atoms with Crippen LogP contribution in [0.25, 0.3) is 11.1 Å². The van der Waals surface area contributed by atoms with E-state index < -0.39 is 0 Å². The molecule has 2 aromatic rings. The number of H-pyrrole nitrogens is 1. The average Bonchev–Trinajstić information content (AvgIpc) is 2.95. The van der Waals surface area contributed by atoms with Crippen molar-refractivity contribution in [1.82, 2.24) is 15.1 Å². The Morgan fingerprint density at radius 2 is 2.30 bits per heavy atom. The largest absolute Gasteiger partial charge is 0.487 e. The molecule has 0 aliphatic rings. The fraction of sp³-hybridized carbons (Fsp3) is 0.286. The molecule has 0 aliphatic heterocycles. The lowest BCUT2D eigenvalue weighted by Crippen LogP contribution is -2.29. The van der Waals surface area contributed by atoms with Crippen molar-refractivity contribution in [3.63, 3.8) is 0 Å². The third-order valence-electron chi connectivity index (χ3n) is 2.86. The van der Waals surface area contributed by atoms with Crippen molar-refractivity contribution >= 4 is 17.9 Å². The monoisotopic (exact) mass is 292 g/mol. The minimum Gasteiger partial charge on any atom is -0.487 e. The van der Waals surface area contributed by atoms with Crippen molar-refractivity contribution in [3.8, 4) is 16.9 Å². The van der Waals surface area contributed by atoms with E-state index >= 15 is 0 Å². The van der Waals surface area contributed by atoms with Crippen LogP contribution in [0.2, 0.25) is 5.02 Å². The van der Waals surface area contributed by atoms with E-state index in [0.717, 1.165) is 11.1 Å². The second-order valence-corrected chi connectivity index (χ2v) is 5.04. The SMILES string of the molecule is C[C@@H](CN(C)C=N)Oc1cc(-c2cn[nH]c2)ccc1Cl. The van der Waals surface area contributed by atoms with Gasteiger partial charge in [0.05, 0.1) is 24.1 Å². The van der Waals surface area contributed by atoms with Crippen LogP contribution < -0.4 is 4.74 Å². The Balaban J connectivity index is 2.15. The van der Waals surface area contributed by atoms with Crippen LogP contribution in [-0.2, 0) is 0 Å². The smallest absolute Gasteiger partial charge is 0.139 e. The first-order chi connectivity index (χ1) is 9.60. The number of hydrogen-bond donors (Lipinski definition) is 2. The van der Waals surface area contributed by atoms with Crippen LogP contribution in [0.4, 0.5) is 0 Å². The fourth-order valence-electron chi connectivity index (χ4n) is 1.89. The molecule has 0 saturated carbocycles. The summed E-state index contributed by atoms with van der Waals surface area (Å²) in [7, 11) is 1.83. The maximum Gasteiger partial charge on any atom is 0.139 e. The highest BCUT2D eigenvalue weighted by atomic mass is 35.5. The minimum absolute atomic E-state index is 0.0706. The number of benzene rings is 1. The number of likely N-dealkylation sites (N-methyl/N-ethyl adjacent to an activating group) is 1. The second-order valence-electron chi connectivity index (χ2n) is 4.63. The van der Waals surface area contributed by atoms with E-state index in [1.54, 1.807) is 11.1 Å². The normalized spacial score (nSPS) is 11.9. The summed E-state index contributed by atoms with van der Waals surface area (Å²) in [6.45, 7) is 2.57. The number of aromatic amines is 1. The van der Waals surface area contributed by atoms with Crippen molar-refractivity contribution < 1.29 is 4.74 Å². The topological polar surface area (TPSA) is 65.0 Å². The molecule has 0 unspecified atom stereocenters. The maximum absolute atomic E-state index is 7.16. The van der Waals surface area contributed by atoms with Crippen LogP contribution in [0.15, 0.2) is 30.6 Å². The van der Waals surface area contributed by atoms with Gasteiger partial charge < -0.3 is 9.64 Å². The predicted molar refractivity (Wildman–Crippen MR) is 80.5 cm³/mol. The van der Waals surface area contributed by atoms with Crippen LogP contribution in [0.5, 0.6) is 5.75 Å². The Hall–Kier alpha value is -2.01.